The number of carbonyl (C=O) groups is 3. The summed E-state index contributed by atoms with van der Waals surface area (Å²) in [4.78, 5) is 39.7. The topological polar surface area (TPSA) is 90.3 Å². The number of benzene rings is 1. The Labute approximate surface area is 163 Å². The number of hydrogen-bond donors (Lipinski definition) is 1. The molecule has 0 fully saturated rings. The van der Waals surface area contributed by atoms with Crippen LogP contribution in [0.4, 0.5) is 9.52 Å². The third-order valence-corrected chi connectivity index (χ3v) is 4.60. The molecule has 0 aliphatic carbocycles. The maximum Gasteiger partial charge on any atom is 0.355 e. The van der Waals surface area contributed by atoms with Crippen LogP contribution in [0.25, 0.3) is 11.3 Å². The van der Waals surface area contributed by atoms with Crippen LogP contribution in [-0.2, 0) is 16.6 Å². The van der Waals surface area contributed by atoms with E-state index in [1.54, 1.807) is 24.6 Å². The SMILES string of the molecule is CC(=O)c1cc(C(=O)OCC(=O)Nc2nc(-c3ccc(F)cc3)cs2)n(C)c1. The van der Waals surface area contributed by atoms with Crippen LogP contribution in [0.5, 0.6) is 0 Å². The van der Waals surface area contributed by atoms with Gasteiger partial charge in [-0.1, -0.05) is 0 Å². The van der Waals surface area contributed by atoms with E-state index in [9.17, 15) is 18.8 Å². The molecule has 1 amide bonds. The van der Waals surface area contributed by atoms with Gasteiger partial charge in [-0.05, 0) is 37.3 Å². The Morgan fingerprint density at radius 3 is 2.61 bits per heavy atom. The fourth-order valence-electron chi connectivity index (χ4n) is 2.40. The van der Waals surface area contributed by atoms with E-state index in [0.29, 0.717) is 16.4 Å². The van der Waals surface area contributed by atoms with Gasteiger partial charge in [-0.2, -0.15) is 0 Å². The number of nitrogens with zero attached hydrogens (tertiary/aromatic N) is 2. The molecule has 9 heteroatoms. The molecular weight excluding hydrogens is 385 g/mol. The van der Waals surface area contributed by atoms with Crippen LogP contribution in [0.2, 0.25) is 0 Å². The molecule has 0 bridgehead atoms. The van der Waals surface area contributed by atoms with Gasteiger partial charge in [-0.15, -0.1) is 11.3 Å². The van der Waals surface area contributed by atoms with Gasteiger partial charge in [-0.3, -0.25) is 14.9 Å². The molecule has 28 heavy (non-hydrogen) atoms. The molecule has 0 spiro atoms. The molecule has 0 aliphatic rings. The van der Waals surface area contributed by atoms with E-state index in [1.807, 2.05) is 0 Å². The zero-order valence-electron chi connectivity index (χ0n) is 15.1. The van der Waals surface area contributed by atoms with E-state index < -0.39 is 18.5 Å². The Kier molecular flexibility index (Phi) is 5.65. The first-order valence-corrected chi connectivity index (χ1v) is 9.07. The first kappa shape index (κ1) is 19.4. The number of Topliss-reactive ketones (excluding diaryl/α,β-unsaturated/α-hetero) is 1. The first-order chi connectivity index (χ1) is 13.3. The highest BCUT2D eigenvalue weighted by Gasteiger charge is 2.17. The Bertz CT molecular complexity index is 1040. The van der Waals surface area contributed by atoms with Gasteiger partial charge in [0.15, 0.2) is 17.5 Å². The molecule has 3 aromatic rings. The van der Waals surface area contributed by atoms with Crippen molar-refractivity contribution in [2.75, 3.05) is 11.9 Å². The molecule has 7 nitrogen and oxygen atoms in total. The smallest absolute Gasteiger partial charge is 0.355 e. The number of aryl methyl sites for hydroxylation is 1. The van der Waals surface area contributed by atoms with Crippen LogP contribution in [-0.4, -0.2) is 33.8 Å². The van der Waals surface area contributed by atoms with Crippen molar-refractivity contribution in [1.82, 2.24) is 9.55 Å². The van der Waals surface area contributed by atoms with Crippen molar-refractivity contribution < 1.29 is 23.5 Å². The highest BCUT2D eigenvalue weighted by Crippen LogP contribution is 2.25. The number of hydrogen-bond acceptors (Lipinski definition) is 6. The highest BCUT2D eigenvalue weighted by atomic mass is 32.1. The molecule has 1 aromatic carbocycles. The largest absolute Gasteiger partial charge is 0.451 e. The summed E-state index contributed by atoms with van der Waals surface area (Å²) >= 11 is 1.20. The molecule has 2 heterocycles. The monoisotopic (exact) mass is 401 g/mol. The number of amides is 1. The van der Waals surface area contributed by atoms with E-state index in [4.69, 9.17) is 4.74 Å². The second-order valence-corrected chi connectivity index (χ2v) is 6.81. The molecule has 0 unspecified atom stereocenters. The molecule has 0 radical (unpaired) electrons. The lowest BCUT2D eigenvalue weighted by atomic mass is 10.2. The number of esters is 1. The van der Waals surface area contributed by atoms with Crippen molar-refractivity contribution in [3.8, 4) is 11.3 Å². The average Bonchev–Trinajstić information content (AvgIpc) is 3.27. The Hall–Kier alpha value is -3.33. The predicted octanol–water partition coefficient (Wildman–Crippen LogP) is 3.29. The maximum absolute atomic E-state index is 13.0. The van der Waals surface area contributed by atoms with Gasteiger partial charge in [0.1, 0.15) is 11.5 Å². The third-order valence-electron chi connectivity index (χ3n) is 3.85. The van der Waals surface area contributed by atoms with E-state index in [0.717, 1.165) is 5.56 Å². The van der Waals surface area contributed by atoms with Gasteiger partial charge in [0, 0.05) is 29.8 Å². The summed E-state index contributed by atoms with van der Waals surface area (Å²) in [5, 5.41) is 4.60. The number of thiazole rings is 1. The van der Waals surface area contributed by atoms with Gasteiger partial charge in [0.25, 0.3) is 5.91 Å². The van der Waals surface area contributed by atoms with Crippen LogP contribution in [0.3, 0.4) is 0 Å². The lowest BCUT2D eigenvalue weighted by Crippen LogP contribution is -2.21. The molecule has 0 aliphatic heterocycles. The van der Waals surface area contributed by atoms with E-state index in [1.165, 1.54) is 47.2 Å². The number of ether oxygens (including phenoxy) is 1. The summed E-state index contributed by atoms with van der Waals surface area (Å²) < 4.78 is 19.4. The highest BCUT2D eigenvalue weighted by molar-refractivity contribution is 7.14. The van der Waals surface area contributed by atoms with Gasteiger partial charge in [0.05, 0.1) is 5.69 Å². The maximum atomic E-state index is 13.0. The van der Waals surface area contributed by atoms with Crippen LogP contribution < -0.4 is 5.32 Å². The molecule has 3 rings (SSSR count). The number of rotatable bonds is 6. The molecule has 144 valence electrons. The Morgan fingerprint density at radius 1 is 1.25 bits per heavy atom. The van der Waals surface area contributed by atoms with Crippen molar-refractivity contribution in [3.63, 3.8) is 0 Å². The molecule has 0 saturated carbocycles. The second-order valence-electron chi connectivity index (χ2n) is 5.95. The number of halogens is 1. The van der Waals surface area contributed by atoms with Gasteiger partial charge in [-0.25, -0.2) is 14.2 Å². The standard InChI is InChI=1S/C19H16FN3O4S/c1-11(24)13-7-16(23(2)8-13)18(26)27-9-17(25)22-19-21-15(10-28-19)12-3-5-14(20)6-4-12/h3-8,10H,9H2,1-2H3,(H,21,22,25). The summed E-state index contributed by atoms with van der Waals surface area (Å²) in [5.74, 6) is -1.78. The lowest BCUT2D eigenvalue weighted by molar-refractivity contribution is -0.119. The van der Waals surface area contributed by atoms with E-state index in [2.05, 4.69) is 10.3 Å². The summed E-state index contributed by atoms with van der Waals surface area (Å²) in [5.41, 5.74) is 1.87. The molecule has 0 saturated heterocycles. The summed E-state index contributed by atoms with van der Waals surface area (Å²) in [7, 11) is 1.61. The van der Waals surface area contributed by atoms with Crippen molar-refractivity contribution >= 4 is 34.1 Å². The zero-order chi connectivity index (χ0) is 20.3. The van der Waals surface area contributed by atoms with Crippen molar-refractivity contribution in [2.45, 2.75) is 6.92 Å². The number of carbonyl (C=O) groups excluding carboxylic acids is 3. The summed E-state index contributed by atoms with van der Waals surface area (Å²) in [6, 6.07) is 7.25. The Balaban J connectivity index is 1.57. The van der Waals surface area contributed by atoms with E-state index >= 15 is 0 Å². The zero-order valence-corrected chi connectivity index (χ0v) is 15.9. The Morgan fingerprint density at radius 2 is 1.96 bits per heavy atom. The van der Waals surface area contributed by atoms with Gasteiger partial charge < -0.3 is 9.30 Å². The van der Waals surface area contributed by atoms with Crippen LogP contribution in [0, 0.1) is 5.82 Å². The predicted molar refractivity (Wildman–Crippen MR) is 102 cm³/mol. The van der Waals surface area contributed by atoms with Crippen LogP contribution in [0.1, 0.15) is 27.8 Å². The normalized spacial score (nSPS) is 10.5. The molecule has 0 atom stereocenters. The van der Waals surface area contributed by atoms with Gasteiger partial charge in [0.2, 0.25) is 0 Å². The second kappa shape index (κ2) is 8.13. The number of ketones is 1. The lowest BCUT2D eigenvalue weighted by Gasteiger charge is -2.05. The number of nitrogens with one attached hydrogen (secondary N) is 1. The number of aromatic nitrogens is 2. The van der Waals surface area contributed by atoms with Crippen molar-refractivity contribution in [2.24, 2.45) is 7.05 Å². The summed E-state index contributed by atoms with van der Waals surface area (Å²) in [6.07, 6.45) is 1.52. The quantitative estimate of drug-likeness (QED) is 0.506. The third kappa shape index (κ3) is 4.49. The molecule has 2 aromatic heterocycles. The molecule has 1 N–H and O–H groups in total. The van der Waals surface area contributed by atoms with Crippen molar-refractivity contribution in [1.29, 1.82) is 0 Å². The van der Waals surface area contributed by atoms with E-state index in [-0.39, 0.29) is 17.3 Å². The number of anilines is 1. The van der Waals surface area contributed by atoms with Crippen molar-refractivity contribution in [3.05, 3.63) is 59.0 Å². The summed E-state index contributed by atoms with van der Waals surface area (Å²) in [6.45, 7) is 0.900. The minimum Gasteiger partial charge on any atom is -0.451 e. The minimum atomic E-state index is -0.712. The van der Waals surface area contributed by atoms with Gasteiger partial charge >= 0.3 is 5.97 Å². The average molecular weight is 401 g/mol. The minimum absolute atomic E-state index is 0.172. The van der Waals surface area contributed by atoms with Crippen LogP contribution >= 0.6 is 11.3 Å². The first-order valence-electron chi connectivity index (χ1n) is 8.19. The fourth-order valence-corrected chi connectivity index (χ4v) is 3.14. The fraction of sp³-hybridized carbons (Fsp3) is 0.158. The van der Waals surface area contributed by atoms with Crippen LogP contribution in [0.15, 0.2) is 41.9 Å². The molecular formula is C19H16FN3O4S.